The Kier molecular flexibility index (Phi) is 5.17. The van der Waals surface area contributed by atoms with Crippen molar-refractivity contribution < 1.29 is 27.9 Å². The molecule has 0 atom stereocenters. The Hall–Kier alpha value is -2.00. The number of halogens is 1. The first-order valence-corrected chi connectivity index (χ1v) is 7.11. The average Bonchev–Trinajstić information content (AvgIpc) is 2.30. The first-order chi connectivity index (χ1) is 9.25. The van der Waals surface area contributed by atoms with Gasteiger partial charge in [-0.25, -0.2) is 14.3 Å². The van der Waals surface area contributed by atoms with Crippen LogP contribution in [0.1, 0.15) is 17.3 Å². The minimum absolute atomic E-state index is 0.00542. The molecule has 0 heterocycles. The highest BCUT2D eigenvalue weighted by Crippen LogP contribution is 2.21. The van der Waals surface area contributed by atoms with Gasteiger partial charge in [-0.3, -0.25) is 4.72 Å². The number of carboxylic acid groups (broad SMARTS) is 1. The number of carbonyl (C=O) groups excluding carboxylic acids is 1. The summed E-state index contributed by atoms with van der Waals surface area (Å²) in [5.41, 5.74) is -0.341. The Morgan fingerprint density at radius 3 is 2.60 bits per heavy atom. The van der Waals surface area contributed by atoms with Crippen LogP contribution in [0.2, 0.25) is 5.02 Å². The third-order valence-electron chi connectivity index (χ3n) is 1.94. The van der Waals surface area contributed by atoms with Gasteiger partial charge >= 0.3 is 22.3 Å². The van der Waals surface area contributed by atoms with Crippen LogP contribution in [0.3, 0.4) is 0 Å². The molecule has 10 heteroatoms. The number of rotatable bonds is 5. The van der Waals surface area contributed by atoms with Crippen molar-refractivity contribution >= 4 is 39.6 Å². The molecule has 0 radical (unpaired) electrons. The van der Waals surface area contributed by atoms with Crippen LogP contribution in [0.4, 0.5) is 10.5 Å². The van der Waals surface area contributed by atoms with Crippen molar-refractivity contribution in [3.8, 4) is 0 Å². The van der Waals surface area contributed by atoms with Crippen molar-refractivity contribution in [2.45, 2.75) is 6.92 Å². The smallest absolute Gasteiger partial charge is 0.422 e. The van der Waals surface area contributed by atoms with Gasteiger partial charge in [-0.15, -0.1) is 0 Å². The zero-order valence-electron chi connectivity index (χ0n) is 10.2. The second-order valence-electron chi connectivity index (χ2n) is 3.43. The number of anilines is 1. The largest absolute Gasteiger partial charge is 0.478 e. The quantitative estimate of drug-likeness (QED) is 0.754. The van der Waals surface area contributed by atoms with Crippen LogP contribution in [0, 0.1) is 0 Å². The Balaban J connectivity index is 2.90. The summed E-state index contributed by atoms with van der Waals surface area (Å²) in [6.45, 7) is 1.52. The maximum absolute atomic E-state index is 11.5. The van der Waals surface area contributed by atoms with Crippen molar-refractivity contribution in [2.75, 3.05) is 11.3 Å². The molecule has 110 valence electrons. The van der Waals surface area contributed by atoms with E-state index < -0.39 is 22.3 Å². The van der Waals surface area contributed by atoms with Gasteiger partial charge in [-0.1, -0.05) is 11.6 Å². The molecule has 0 spiro atoms. The molecule has 0 aliphatic carbocycles. The molecule has 0 bridgehead atoms. The van der Waals surface area contributed by atoms with Crippen molar-refractivity contribution in [1.82, 2.24) is 4.72 Å². The van der Waals surface area contributed by atoms with Gasteiger partial charge in [0.15, 0.2) is 0 Å². The van der Waals surface area contributed by atoms with Crippen LogP contribution in [0.25, 0.3) is 0 Å². The monoisotopic (exact) mass is 322 g/mol. The molecule has 0 fully saturated rings. The molecule has 20 heavy (non-hydrogen) atoms. The van der Waals surface area contributed by atoms with E-state index in [-0.39, 0.29) is 22.9 Å². The van der Waals surface area contributed by atoms with Crippen LogP contribution < -0.4 is 9.44 Å². The van der Waals surface area contributed by atoms with E-state index in [0.29, 0.717) is 0 Å². The molecule has 0 saturated heterocycles. The number of ether oxygens (including phenoxy) is 1. The summed E-state index contributed by atoms with van der Waals surface area (Å²) >= 11 is 5.64. The molecular formula is C10H11ClN2O6S. The average molecular weight is 323 g/mol. The zero-order valence-corrected chi connectivity index (χ0v) is 11.8. The number of amides is 1. The van der Waals surface area contributed by atoms with Gasteiger partial charge in [0.05, 0.1) is 22.9 Å². The fourth-order valence-electron chi connectivity index (χ4n) is 1.20. The lowest BCUT2D eigenvalue weighted by atomic mass is 10.2. The predicted molar refractivity (Wildman–Crippen MR) is 71.1 cm³/mol. The van der Waals surface area contributed by atoms with E-state index in [2.05, 4.69) is 4.74 Å². The maximum Gasteiger partial charge on any atom is 0.422 e. The van der Waals surface area contributed by atoms with Gasteiger partial charge in [-0.05, 0) is 25.1 Å². The van der Waals surface area contributed by atoms with Gasteiger partial charge in [0.1, 0.15) is 0 Å². The number of benzene rings is 1. The SMILES string of the molecule is CCOC(=O)NS(=O)(=O)Nc1ccc(Cl)c(C(=O)O)c1. The Morgan fingerprint density at radius 2 is 2.05 bits per heavy atom. The summed E-state index contributed by atoms with van der Waals surface area (Å²) in [4.78, 5) is 21.9. The number of carbonyl (C=O) groups is 2. The highest BCUT2D eigenvalue weighted by atomic mass is 35.5. The summed E-state index contributed by atoms with van der Waals surface area (Å²) < 4.78 is 31.1. The van der Waals surface area contributed by atoms with Gasteiger partial charge in [-0.2, -0.15) is 8.42 Å². The van der Waals surface area contributed by atoms with E-state index >= 15 is 0 Å². The second-order valence-corrected chi connectivity index (χ2v) is 5.25. The van der Waals surface area contributed by atoms with Gasteiger partial charge in [0, 0.05) is 0 Å². The maximum atomic E-state index is 11.5. The fraction of sp³-hybridized carbons (Fsp3) is 0.200. The molecule has 3 N–H and O–H groups in total. The molecule has 0 aliphatic rings. The van der Waals surface area contributed by atoms with Crippen molar-refractivity contribution in [3.05, 3.63) is 28.8 Å². The number of aromatic carboxylic acids is 1. The van der Waals surface area contributed by atoms with Gasteiger partial charge in [0.2, 0.25) is 0 Å². The molecule has 0 unspecified atom stereocenters. The summed E-state index contributed by atoms with van der Waals surface area (Å²) in [6, 6.07) is 3.49. The highest BCUT2D eigenvalue weighted by Gasteiger charge is 2.16. The predicted octanol–water partition coefficient (Wildman–Crippen LogP) is 1.44. The molecule has 1 amide bonds. The Bertz CT molecular complexity index is 631. The van der Waals surface area contributed by atoms with Crippen LogP contribution in [-0.2, 0) is 14.9 Å². The lowest BCUT2D eigenvalue weighted by molar-refractivity contribution is 0.0697. The highest BCUT2D eigenvalue weighted by molar-refractivity contribution is 7.91. The minimum Gasteiger partial charge on any atom is -0.478 e. The van der Waals surface area contributed by atoms with E-state index in [0.717, 1.165) is 6.07 Å². The fourth-order valence-corrected chi connectivity index (χ4v) is 2.17. The normalized spacial score (nSPS) is 10.7. The Labute approximate surface area is 119 Å². The number of hydrogen-bond acceptors (Lipinski definition) is 5. The lowest BCUT2D eigenvalue weighted by Crippen LogP contribution is -2.35. The third-order valence-corrected chi connectivity index (χ3v) is 3.21. The van der Waals surface area contributed by atoms with Crippen LogP contribution in [0.15, 0.2) is 18.2 Å². The van der Waals surface area contributed by atoms with E-state index in [1.54, 1.807) is 4.72 Å². The van der Waals surface area contributed by atoms with E-state index in [4.69, 9.17) is 16.7 Å². The number of carboxylic acids is 1. The standard InChI is InChI=1S/C10H11ClN2O6S/c1-2-19-10(16)13-20(17,18)12-6-3-4-8(11)7(5-6)9(14)15/h3-5,12H,2H2,1H3,(H,13,16)(H,14,15). The van der Waals surface area contributed by atoms with Crippen LogP contribution in [-0.4, -0.2) is 32.2 Å². The van der Waals surface area contributed by atoms with Crippen molar-refractivity contribution in [1.29, 1.82) is 0 Å². The summed E-state index contributed by atoms with van der Waals surface area (Å²) in [6.07, 6.45) is -1.15. The zero-order chi connectivity index (χ0) is 15.3. The first-order valence-electron chi connectivity index (χ1n) is 5.25. The molecule has 0 saturated carbocycles. The van der Waals surface area contributed by atoms with Crippen LogP contribution in [0.5, 0.6) is 0 Å². The van der Waals surface area contributed by atoms with Gasteiger partial charge in [0.25, 0.3) is 0 Å². The molecule has 1 aromatic rings. The van der Waals surface area contributed by atoms with Crippen LogP contribution >= 0.6 is 11.6 Å². The third kappa shape index (κ3) is 4.59. The number of nitrogens with one attached hydrogen (secondary N) is 2. The summed E-state index contributed by atoms with van der Waals surface area (Å²) in [7, 11) is -4.22. The molecule has 0 aliphatic heterocycles. The first kappa shape index (κ1) is 16.1. The van der Waals surface area contributed by atoms with E-state index in [9.17, 15) is 18.0 Å². The lowest BCUT2D eigenvalue weighted by Gasteiger charge is -2.10. The summed E-state index contributed by atoms with van der Waals surface area (Å²) in [5, 5.41) is 8.81. The molecule has 1 rings (SSSR count). The topological polar surface area (TPSA) is 122 Å². The van der Waals surface area contributed by atoms with Gasteiger partial charge < -0.3 is 9.84 Å². The molecular weight excluding hydrogens is 312 g/mol. The molecule has 8 nitrogen and oxygen atoms in total. The second kappa shape index (κ2) is 6.44. The van der Waals surface area contributed by atoms with E-state index in [1.165, 1.54) is 19.1 Å². The van der Waals surface area contributed by atoms with Crippen molar-refractivity contribution in [2.24, 2.45) is 0 Å². The summed E-state index contributed by atoms with van der Waals surface area (Å²) in [5.74, 6) is -1.31. The number of hydrogen-bond donors (Lipinski definition) is 3. The van der Waals surface area contributed by atoms with E-state index in [1.807, 2.05) is 4.72 Å². The Morgan fingerprint density at radius 1 is 1.40 bits per heavy atom. The molecule has 1 aromatic carbocycles. The minimum atomic E-state index is -4.22. The molecule has 0 aromatic heterocycles. The van der Waals surface area contributed by atoms with Crippen molar-refractivity contribution in [3.63, 3.8) is 0 Å².